The van der Waals surface area contributed by atoms with Crippen molar-refractivity contribution in [3.63, 3.8) is 0 Å². The van der Waals surface area contributed by atoms with Crippen LogP contribution in [0.2, 0.25) is 10.0 Å². The van der Waals surface area contributed by atoms with E-state index in [0.717, 1.165) is 11.0 Å². The molecule has 0 atom stereocenters. The topological polar surface area (TPSA) is 92.3 Å². The first-order valence-corrected chi connectivity index (χ1v) is 9.17. The van der Waals surface area contributed by atoms with E-state index in [1.807, 2.05) is 6.92 Å². The summed E-state index contributed by atoms with van der Waals surface area (Å²) in [5, 5.41) is 20.1. The Morgan fingerprint density at radius 1 is 1.39 bits per heavy atom. The van der Waals surface area contributed by atoms with Crippen LogP contribution in [0.4, 0.5) is 0 Å². The second-order valence-corrected chi connectivity index (χ2v) is 6.78. The quantitative estimate of drug-likeness (QED) is 0.533. The zero-order valence-corrected chi connectivity index (χ0v) is 16.9. The van der Waals surface area contributed by atoms with Gasteiger partial charge in [-0.2, -0.15) is 5.26 Å². The number of benzene rings is 1. The third kappa shape index (κ3) is 3.91. The Hall–Kier alpha value is -2.75. The summed E-state index contributed by atoms with van der Waals surface area (Å²) >= 11 is 12.4. The molecule has 1 aromatic carbocycles. The molecule has 0 aliphatic rings. The number of carbonyl (C=O) groups excluding carboxylic acids is 1. The molecule has 0 saturated carbocycles. The summed E-state index contributed by atoms with van der Waals surface area (Å²) < 4.78 is 6.39. The minimum absolute atomic E-state index is 0.0643. The molecule has 8 heteroatoms. The van der Waals surface area contributed by atoms with Crippen LogP contribution in [0.1, 0.15) is 40.4 Å². The van der Waals surface area contributed by atoms with Crippen molar-refractivity contribution in [2.75, 3.05) is 6.61 Å². The van der Waals surface area contributed by atoms with Gasteiger partial charge < -0.3 is 9.84 Å². The number of aromatic hydroxyl groups is 1. The van der Waals surface area contributed by atoms with Crippen LogP contribution >= 0.6 is 23.2 Å². The molecule has 0 radical (unpaired) electrons. The largest absolute Gasteiger partial charge is 0.494 e. The molecule has 28 heavy (non-hydrogen) atoms. The molecule has 6 nitrogen and oxygen atoms in total. The Bertz CT molecular complexity index is 1030. The molecule has 2 rings (SSSR count). The SMILES string of the molecule is C=CCn1c(O)c(C(=O)c2cc(Cl)c(OCCC)c(Cl)c2)c(C)c(C#N)c1=O. The number of hydrogen-bond donors (Lipinski definition) is 1. The number of hydrogen-bond acceptors (Lipinski definition) is 5. The van der Waals surface area contributed by atoms with E-state index in [0.29, 0.717) is 6.61 Å². The molecular weight excluding hydrogens is 403 g/mol. The number of pyridine rings is 1. The maximum absolute atomic E-state index is 13.1. The summed E-state index contributed by atoms with van der Waals surface area (Å²) in [6.45, 7) is 7.21. The van der Waals surface area contributed by atoms with Gasteiger partial charge in [-0.25, -0.2) is 0 Å². The highest BCUT2D eigenvalue weighted by Gasteiger charge is 2.25. The second kappa shape index (κ2) is 8.96. The first kappa shape index (κ1) is 21.5. The summed E-state index contributed by atoms with van der Waals surface area (Å²) in [6, 6.07) is 4.53. The van der Waals surface area contributed by atoms with E-state index in [2.05, 4.69) is 6.58 Å². The van der Waals surface area contributed by atoms with Gasteiger partial charge in [-0.15, -0.1) is 6.58 Å². The van der Waals surface area contributed by atoms with Crippen molar-refractivity contribution in [3.8, 4) is 17.7 Å². The fourth-order valence-electron chi connectivity index (χ4n) is 2.70. The smallest absolute Gasteiger partial charge is 0.271 e. The van der Waals surface area contributed by atoms with Gasteiger partial charge in [-0.3, -0.25) is 14.2 Å². The van der Waals surface area contributed by atoms with Crippen molar-refractivity contribution in [2.45, 2.75) is 26.8 Å². The minimum atomic E-state index is -0.701. The van der Waals surface area contributed by atoms with Crippen LogP contribution in [-0.2, 0) is 6.54 Å². The van der Waals surface area contributed by atoms with Gasteiger partial charge in [-0.1, -0.05) is 36.2 Å². The number of nitrogens with zero attached hydrogens (tertiary/aromatic N) is 2. The van der Waals surface area contributed by atoms with Gasteiger partial charge in [0.15, 0.2) is 11.5 Å². The number of aromatic nitrogens is 1. The Labute approximate surface area is 172 Å². The van der Waals surface area contributed by atoms with Crippen LogP contribution in [0.25, 0.3) is 0 Å². The van der Waals surface area contributed by atoms with Gasteiger partial charge in [0.25, 0.3) is 5.56 Å². The monoisotopic (exact) mass is 420 g/mol. The Balaban J connectivity index is 2.68. The molecule has 146 valence electrons. The van der Waals surface area contributed by atoms with Crippen LogP contribution in [0.15, 0.2) is 29.6 Å². The number of rotatable bonds is 7. The normalized spacial score (nSPS) is 10.4. The van der Waals surface area contributed by atoms with Gasteiger partial charge in [0.05, 0.1) is 22.2 Å². The number of carbonyl (C=O) groups is 1. The predicted molar refractivity (Wildman–Crippen MR) is 108 cm³/mol. The zero-order valence-electron chi connectivity index (χ0n) is 15.4. The average Bonchev–Trinajstić information content (AvgIpc) is 2.64. The molecular formula is C20H18Cl2N2O4. The number of allylic oxidation sites excluding steroid dienone is 1. The molecule has 0 fully saturated rings. The minimum Gasteiger partial charge on any atom is -0.494 e. The summed E-state index contributed by atoms with van der Waals surface area (Å²) in [4.78, 5) is 25.4. The van der Waals surface area contributed by atoms with Crippen molar-refractivity contribution in [2.24, 2.45) is 0 Å². The van der Waals surface area contributed by atoms with E-state index in [-0.39, 0.29) is 44.6 Å². The fraction of sp³-hybridized carbons (Fsp3) is 0.250. The third-order valence-electron chi connectivity index (χ3n) is 4.05. The lowest BCUT2D eigenvalue weighted by atomic mass is 9.97. The van der Waals surface area contributed by atoms with Crippen molar-refractivity contribution in [1.29, 1.82) is 5.26 Å². The van der Waals surface area contributed by atoms with Gasteiger partial charge in [0.2, 0.25) is 5.88 Å². The highest BCUT2D eigenvalue weighted by Crippen LogP contribution is 2.36. The summed E-state index contributed by atoms with van der Waals surface area (Å²) in [5.74, 6) is -0.919. The molecule has 0 aliphatic carbocycles. The molecule has 0 bridgehead atoms. The van der Waals surface area contributed by atoms with Crippen LogP contribution < -0.4 is 10.3 Å². The lowest BCUT2D eigenvalue weighted by Gasteiger charge is -2.15. The average molecular weight is 421 g/mol. The van der Waals surface area contributed by atoms with E-state index in [1.54, 1.807) is 6.07 Å². The lowest BCUT2D eigenvalue weighted by Crippen LogP contribution is -2.26. The molecule has 0 aliphatic heterocycles. The summed E-state index contributed by atoms with van der Waals surface area (Å²) in [7, 11) is 0. The predicted octanol–water partition coefficient (Wildman–Crippen LogP) is 4.25. The van der Waals surface area contributed by atoms with E-state index >= 15 is 0 Å². The van der Waals surface area contributed by atoms with E-state index in [4.69, 9.17) is 27.9 Å². The van der Waals surface area contributed by atoms with Gasteiger partial charge in [-0.05, 0) is 31.0 Å². The van der Waals surface area contributed by atoms with E-state index in [1.165, 1.54) is 25.1 Å². The van der Waals surface area contributed by atoms with Gasteiger partial charge in [0, 0.05) is 12.1 Å². The number of nitriles is 1. The molecule has 0 spiro atoms. The van der Waals surface area contributed by atoms with E-state index in [9.17, 15) is 20.0 Å². The molecule has 0 unspecified atom stereocenters. The maximum atomic E-state index is 13.1. The Kier molecular flexibility index (Phi) is 6.90. The number of ketones is 1. The summed E-state index contributed by atoms with van der Waals surface area (Å²) in [6.07, 6.45) is 2.13. The zero-order chi connectivity index (χ0) is 21.0. The maximum Gasteiger partial charge on any atom is 0.271 e. The number of ether oxygens (including phenoxy) is 1. The third-order valence-corrected chi connectivity index (χ3v) is 4.61. The summed E-state index contributed by atoms with van der Waals surface area (Å²) in [5.41, 5.74) is -0.942. The van der Waals surface area contributed by atoms with E-state index < -0.39 is 17.2 Å². The molecule has 0 amide bonds. The van der Waals surface area contributed by atoms with Crippen molar-refractivity contribution >= 4 is 29.0 Å². The van der Waals surface area contributed by atoms with Crippen LogP contribution in [-0.4, -0.2) is 22.1 Å². The molecule has 2 aromatic rings. The van der Waals surface area contributed by atoms with Crippen molar-refractivity contribution < 1.29 is 14.6 Å². The fourth-order valence-corrected chi connectivity index (χ4v) is 3.29. The van der Waals surface area contributed by atoms with Gasteiger partial charge in [0.1, 0.15) is 11.6 Å². The van der Waals surface area contributed by atoms with Crippen LogP contribution in [0, 0.1) is 18.3 Å². The van der Waals surface area contributed by atoms with Crippen LogP contribution in [0.5, 0.6) is 11.6 Å². The van der Waals surface area contributed by atoms with Crippen LogP contribution in [0.3, 0.4) is 0 Å². The standard InChI is InChI=1S/C20H18Cl2N2O4/c1-4-6-24-19(26)13(10-23)11(3)16(20(24)27)17(25)12-8-14(21)18(15(22)9-12)28-7-5-2/h4,8-9,27H,1,5-7H2,2-3H3. The number of halogens is 2. The van der Waals surface area contributed by atoms with Crippen molar-refractivity contribution in [1.82, 2.24) is 4.57 Å². The Morgan fingerprint density at radius 2 is 2.00 bits per heavy atom. The molecule has 1 heterocycles. The van der Waals surface area contributed by atoms with Gasteiger partial charge >= 0.3 is 0 Å². The highest BCUT2D eigenvalue weighted by atomic mass is 35.5. The molecule has 1 N–H and O–H groups in total. The first-order chi connectivity index (χ1) is 13.3. The second-order valence-electron chi connectivity index (χ2n) is 5.96. The Morgan fingerprint density at radius 3 is 2.50 bits per heavy atom. The first-order valence-electron chi connectivity index (χ1n) is 8.42. The highest BCUT2D eigenvalue weighted by molar-refractivity contribution is 6.38. The molecule has 0 saturated heterocycles. The van der Waals surface area contributed by atoms with Crippen molar-refractivity contribution in [3.05, 3.63) is 67.4 Å². The lowest BCUT2D eigenvalue weighted by molar-refractivity contribution is 0.103. The molecule has 1 aromatic heterocycles.